The van der Waals surface area contributed by atoms with Gasteiger partial charge in [0.25, 0.3) is 0 Å². The molecule has 8 aromatic carbocycles. The maximum atomic E-state index is 2.70. The van der Waals surface area contributed by atoms with Crippen molar-refractivity contribution in [3.05, 3.63) is 238 Å². The van der Waals surface area contributed by atoms with E-state index < -0.39 is 5.41 Å². The first-order valence-electron chi connectivity index (χ1n) is 24.6. The highest BCUT2D eigenvalue weighted by Crippen LogP contribution is 2.51. The molecule has 0 atom stereocenters. The van der Waals surface area contributed by atoms with Gasteiger partial charge in [-0.25, -0.2) is 0 Å². The average molecular weight is 862 g/mol. The molecule has 0 bridgehead atoms. The van der Waals surface area contributed by atoms with E-state index in [-0.39, 0.29) is 12.1 Å². The SMILES string of the molecule is CC(C)(C)c1ccc(N2c3cccc4c3B(c3ccccc3C4(c3ccccc3)c3ccccc3)c3cc(-n4c5c(c6ccccc64)CCC5)cc(-n4c5c(c6ccccc64)CCC5)c32)cc1. The number of aromatic nitrogens is 2. The summed E-state index contributed by atoms with van der Waals surface area (Å²) in [6.45, 7) is 6.92. The molecule has 2 aromatic heterocycles. The van der Waals surface area contributed by atoms with Gasteiger partial charge >= 0.3 is 0 Å². The summed E-state index contributed by atoms with van der Waals surface area (Å²) in [5.41, 5.74) is 24.9. The molecule has 67 heavy (non-hydrogen) atoms. The Morgan fingerprint density at radius 1 is 0.463 bits per heavy atom. The minimum absolute atomic E-state index is 0.0223. The number of rotatable bonds is 5. The lowest BCUT2D eigenvalue weighted by atomic mass is 9.29. The Kier molecular flexibility index (Phi) is 8.34. The van der Waals surface area contributed by atoms with Gasteiger partial charge in [0.15, 0.2) is 0 Å². The Hall–Kier alpha value is -7.30. The lowest BCUT2D eigenvalue weighted by Gasteiger charge is -2.49. The van der Waals surface area contributed by atoms with Crippen molar-refractivity contribution in [2.45, 2.75) is 70.1 Å². The third-order valence-electron chi connectivity index (χ3n) is 16.1. The molecule has 0 saturated carbocycles. The monoisotopic (exact) mass is 861 g/mol. The zero-order chi connectivity index (χ0) is 44.6. The highest BCUT2D eigenvalue weighted by Gasteiger charge is 2.52. The molecule has 0 N–H and O–H groups in total. The number of nitrogens with zero attached hydrogens (tertiary/aromatic N) is 3. The lowest BCUT2D eigenvalue weighted by Crippen LogP contribution is -2.65. The zero-order valence-electron chi connectivity index (χ0n) is 38.6. The van der Waals surface area contributed by atoms with Crippen molar-refractivity contribution in [1.82, 2.24) is 9.13 Å². The first-order chi connectivity index (χ1) is 32.9. The van der Waals surface area contributed by atoms with Crippen LogP contribution in [0.2, 0.25) is 0 Å². The molecule has 0 amide bonds. The fourth-order valence-electron chi connectivity index (χ4n) is 13.4. The van der Waals surface area contributed by atoms with Crippen LogP contribution in [-0.2, 0) is 36.5 Å². The van der Waals surface area contributed by atoms with Gasteiger partial charge in [0.1, 0.15) is 0 Å². The molecule has 0 saturated heterocycles. The van der Waals surface area contributed by atoms with Crippen LogP contribution in [-0.4, -0.2) is 15.8 Å². The van der Waals surface area contributed by atoms with E-state index in [1.54, 1.807) is 0 Å². The van der Waals surface area contributed by atoms with Gasteiger partial charge in [-0.15, -0.1) is 0 Å². The van der Waals surface area contributed by atoms with Gasteiger partial charge in [0.05, 0.1) is 27.8 Å². The molecular formula is C63H52BN3. The van der Waals surface area contributed by atoms with Crippen LogP contribution < -0.4 is 21.3 Å². The van der Waals surface area contributed by atoms with Crippen LogP contribution in [0.3, 0.4) is 0 Å². The van der Waals surface area contributed by atoms with Crippen LogP contribution in [0.5, 0.6) is 0 Å². The lowest BCUT2D eigenvalue weighted by molar-refractivity contribution is 0.590. The Balaban J connectivity index is 1.17. The third kappa shape index (κ3) is 5.36. The summed E-state index contributed by atoms with van der Waals surface area (Å²) < 4.78 is 5.36. The van der Waals surface area contributed by atoms with E-state index in [1.807, 2.05) is 0 Å². The summed E-state index contributed by atoms with van der Waals surface area (Å²) in [7, 11) is 0. The maximum absolute atomic E-state index is 2.70. The minimum atomic E-state index is -0.560. The number of anilines is 3. The first-order valence-corrected chi connectivity index (χ1v) is 24.6. The highest BCUT2D eigenvalue weighted by molar-refractivity contribution is 6.99. The van der Waals surface area contributed by atoms with Gasteiger partial charge in [-0.05, 0) is 136 Å². The van der Waals surface area contributed by atoms with Crippen molar-refractivity contribution in [3.63, 3.8) is 0 Å². The van der Waals surface area contributed by atoms with Gasteiger partial charge in [-0.3, -0.25) is 0 Å². The molecule has 14 rings (SSSR count). The van der Waals surface area contributed by atoms with E-state index in [0.29, 0.717) is 0 Å². The Morgan fingerprint density at radius 2 is 1.03 bits per heavy atom. The second-order valence-electron chi connectivity index (χ2n) is 20.5. The third-order valence-corrected chi connectivity index (χ3v) is 16.1. The van der Waals surface area contributed by atoms with Crippen LogP contribution >= 0.6 is 0 Å². The summed E-state index contributed by atoms with van der Waals surface area (Å²) >= 11 is 0. The number of hydrogen-bond acceptors (Lipinski definition) is 1. The summed E-state index contributed by atoms with van der Waals surface area (Å²) in [5.74, 6) is 0. The Bertz CT molecular complexity index is 3580. The Labute approximate surface area is 394 Å². The van der Waals surface area contributed by atoms with E-state index in [4.69, 9.17) is 0 Å². The minimum Gasteiger partial charge on any atom is -0.313 e. The fraction of sp³-hybridized carbons (Fsp3) is 0.175. The molecule has 2 aliphatic heterocycles. The summed E-state index contributed by atoms with van der Waals surface area (Å²) in [4.78, 5) is 2.67. The second-order valence-corrected chi connectivity index (χ2v) is 20.5. The van der Waals surface area contributed by atoms with Gasteiger partial charge in [-0.2, -0.15) is 0 Å². The Morgan fingerprint density at radius 3 is 1.69 bits per heavy atom. The fourth-order valence-corrected chi connectivity index (χ4v) is 13.4. The molecule has 0 radical (unpaired) electrons. The quantitative estimate of drug-likeness (QED) is 0.157. The van der Waals surface area contributed by atoms with Crippen molar-refractivity contribution in [3.8, 4) is 11.4 Å². The molecule has 3 nitrogen and oxygen atoms in total. The average Bonchev–Trinajstić information content (AvgIpc) is 4.17. The molecule has 0 spiro atoms. The van der Waals surface area contributed by atoms with Gasteiger partial charge in [0, 0.05) is 39.2 Å². The van der Waals surface area contributed by atoms with Gasteiger partial charge < -0.3 is 14.0 Å². The van der Waals surface area contributed by atoms with Crippen molar-refractivity contribution < 1.29 is 0 Å². The van der Waals surface area contributed by atoms with Crippen LogP contribution in [0, 0.1) is 0 Å². The molecule has 0 fully saturated rings. The number of hydrogen-bond donors (Lipinski definition) is 0. The number of aryl methyl sites for hydroxylation is 2. The van der Waals surface area contributed by atoms with E-state index in [0.717, 1.165) is 25.7 Å². The van der Waals surface area contributed by atoms with Crippen LogP contribution in [0.15, 0.2) is 188 Å². The smallest absolute Gasteiger partial charge is 0.247 e. The molecule has 322 valence electrons. The van der Waals surface area contributed by atoms with Crippen molar-refractivity contribution in [1.29, 1.82) is 0 Å². The maximum Gasteiger partial charge on any atom is 0.247 e. The number of fused-ring (bicyclic) bond motifs is 10. The number of benzene rings is 8. The highest BCUT2D eigenvalue weighted by atomic mass is 15.2. The van der Waals surface area contributed by atoms with Crippen molar-refractivity contribution >= 4 is 62.0 Å². The predicted molar refractivity (Wildman–Crippen MR) is 281 cm³/mol. The molecule has 10 aromatic rings. The zero-order valence-corrected chi connectivity index (χ0v) is 38.6. The van der Waals surface area contributed by atoms with Gasteiger partial charge in [-0.1, -0.05) is 172 Å². The second kappa shape index (κ2) is 14.4. The molecule has 0 unspecified atom stereocenters. The van der Waals surface area contributed by atoms with Crippen LogP contribution in [0.4, 0.5) is 17.1 Å². The first kappa shape index (κ1) is 38.9. The number of para-hydroxylation sites is 2. The standard InChI is InChI=1S/C63H52BN3/c1-62(2,3)41-35-37-44(38-36-41)66-58-34-18-28-51-60(58)64(52-29-13-12-27-50(52)63(51,42-19-6-4-7-20-42)43-21-8-5-9-22-43)53-39-45(65-54-30-14-10-23-46(54)48-25-16-32-55(48)65)40-59(61(53)66)67-56-31-15-11-24-47(56)49-26-17-33-57(49)67/h4-15,18-24,27-31,34-40H,16-17,25-26,32-33H2,1-3H3. The molecule has 4 heteroatoms. The largest absolute Gasteiger partial charge is 0.313 e. The summed E-state index contributed by atoms with van der Waals surface area (Å²) in [6.07, 6.45) is 6.75. The van der Waals surface area contributed by atoms with E-state index in [2.05, 4.69) is 223 Å². The van der Waals surface area contributed by atoms with Crippen LogP contribution in [0.1, 0.15) is 83.9 Å². The van der Waals surface area contributed by atoms with Crippen LogP contribution in [0.25, 0.3) is 33.2 Å². The topological polar surface area (TPSA) is 13.1 Å². The van der Waals surface area contributed by atoms with Crippen molar-refractivity contribution in [2.75, 3.05) is 4.90 Å². The molecule has 4 heterocycles. The normalized spacial score (nSPS) is 15.4. The molecule has 4 aliphatic rings. The molecule has 2 aliphatic carbocycles. The predicted octanol–water partition coefficient (Wildman–Crippen LogP) is 12.8. The summed E-state index contributed by atoms with van der Waals surface area (Å²) in [5, 5.41) is 2.79. The van der Waals surface area contributed by atoms with Crippen molar-refractivity contribution in [2.24, 2.45) is 0 Å². The van der Waals surface area contributed by atoms with E-state index in [1.165, 1.54) is 130 Å². The van der Waals surface area contributed by atoms with E-state index in [9.17, 15) is 0 Å². The summed E-state index contributed by atoms with van der Waals surface area (Å²) in [6, 6.07) is 72.4. The van der Waals surface area contributed by atoms with E-state index >= 15 is 0 Å². The van der Waals surface area contributed by atoms with Gasteiger partial charge in [0.2, 0.25) is 6.71 Å². The molecular weight excluding hydrogens is 810 g/mol.